The number of hydrogen-bond acceptors (Lipinski definition) is 6. The lowest BCUT2D eigenvalue weighted by molar-refractivity contribution is -0.418. The van der Waals surface area contributed by atoms with E-state index in [4.69, 9.17) is 19.6 Å². The van der Waals surface area contributed by atoms with E-state index < -0.39 is 0 Å². The van der Waals surface area contributed by atoms with E-state index in [0.29, 0.717) is 39.0 Å². The third-order valence-corrected chi connectivity index (χ3v) is 3.67. The van der Waals surface area contributed by atoms with Crippen LogP contribution < -0.4 is 0 Å². The van der Waals surface area contributed by atoms with E-state index in [1.165, 1.54) is 25.7 Å². The number of nitrogens with zero attached hydrogens (tertiary/aromatic N) is 2. The van der Waals surface area contributed by atoms with Crippen LogP contribution >= 0.6 is 0 Å². The molecule has 6 heteroatoms. The molecule has 0 N–H and O–H groups in total. The molecule has 2 aliphatic heterocycles. The fourth-order valence-corrected chi connectivity index (χ4v) is 2.82. The van der Waals surface area contributed by atoms with E-state index in [-0.39, 0.29) is 0 Å². The maximum atomic E-state index is 5.14. The first-order valence-corrected chi connectivity index (χ1v) is 5.92. The molecule has 3 rings (SSSR count). The van der Waals surface area contributed by atoms with E-state index in [1.807, 2.05) is 0 Å². The fourth-order valence-electron chi connectivity index (χ4n) is 2.82. The van der Waals surface area contributed by atoms with Crippen molar-refractivity contribution in [1.82, 2.24) is 9.80 Å². The summed E-state index contributed by atoms with van der Waals surface area (Å²) < 4.78 is 0. The van der Waals surface area contributed by atoms with Crippen molar-refractivity contribution in [3.05, 3.63) is 0 Å². The summed E-state index contributed by atoms with van der Waals surface area (Å²) in [4.78, 5) is 24.9. The lowest BCUT2D eigenvalue weighted by Crippen LogP contribution is -2.58. The Kier molecular flexibility index (Phi) is 3.37. The van der Waals surface area contributed by atoms with Crippen molar-refractivity contribution in [3.8, 4) is 0 Å². The van der Waals surface area contributed by atoms with E-state index in [9.17, 15) is 0 Å². The van der Waals surface area contributed by atoms with Crippen LogP contribution in [0.2, 0.25) is 0 Å². The first-order valence-electron chi connectivity index (χ1n) is 5.92. The number of hydrogen-bond donors (Lipinski definition) is 0. The molecule has 0 spiro atoms. The Labute approximate surface area is 94.8 Å². The molecule has 2 heterocycles. The first-order chi connectivity index (χ1) is 7.95. The van der Waals surface area contributed by atoms with Gasteiger partial charge in [0, 0.05) is 12.1 Å². The van der Waals surface area contributed by atoms with Gasteiger partial charge in [-0.15, -0.1) is 0 Å². The van der Waals surface area contributed by atoms with Crippen LogP contribution in [0.3, 0.4) is 0 Å². The topological polar surface area (TPSA) is 43.4 Å². The Hall–Kier alpha value is -0.240. The maximum Gasteiger partial charge on any atom is 0.137 e. The summed E-state index contributed by atoms with van der Waals surface area (Å²) in [7, 11) is 0. The van der Waals surface area contributed by atoms with E-state index in [2.05, 4.69) is 9.80 Å². The van der Waals surface area contributed by atoms with Crippen molar-refractivity contribution in [2.45, 2.75) is 37.8 Å². The Bertz CT molecular complexity index is 205. The van der Waals surface area contributed by atoms with Gasteiger partial charge in [0.2, 0.25) is 0 Å². The molecule has 92 valence electrons. The van der Waals surface area contributed by atoms with Crippen molar-refractivity contribution in [2.24, 2.45) is 0 Å². The minimum absolute atomic E-state index is 0.457. The highest BCUT2D eigenvalue weighted by Gasteiger charge is 2.37. The van der Waals surface area contributed by atoms with Crippen LogP contribution in [0.25, 0.3) is 0 Å². The second-order valence-corrected chi connectivity index (χ2v) is 4.58. The molecule has 0 radical (unpaired) electrons. The van der Waals surface area contributed by atoms with Gasteiger partial charge in [0.1, 0.15) is 26.9 Å². The molecule has 3 aliphatic rings. The van der Waals surface area contributed by atoms with Crippen molar-refractivity contribution >= 4 is 0 Å². The Morgan fingerprint density at radius 3 is 1.38 bits per heavy atom. The Balaban J connectivity index is 1.82. The zero-order valence-electron chi connectivity index (χ0n) is 9.34. The monoisotopic (exact) mass is 230 g/mol. The molecule has 2 unspecified atom stereocenters. The van der Waals surface area contributed by atoms with Crippen LogP contribution in [0.15, 0.2) is 0 Å². The molecule has 16 heavy (non-hydrogen) atoms. The normalized spacial score (nSPS) is 45.0. The maximum absolute atomic E-state index is 5.14. The molecule has 1 saturated carbocycles. The minimum Gasteiger partial charge on any atom is -0.248 e. The predicted octanol–water partition coefficient (Wildman–Crippen LogP) is 0.655. The first kappa shape index (κ1) is 10.9. The van der Waals surface area contributed by atoms with Crippen molar-refractivity contribution < 1.29 is 19.6 Å². The predicted molar refractivity (Wildman–Crippen MR) is 53.5 cm³/mol. The SMILES string of the molecule is C1CCC2C(C1)N1COOCN2COOC1. The zero-order valence-corrected chi connectivity index (χ0v) is 9.34. The van der Waals surface area contributed by atoms with Crippen molar-refractivity contribution in [3.63, 3.8) is 0 Å². The quantitative estimate of drug-likeness (QED) is 0.569. The molecule has 1 aliphatic carbocycles. The van der Waals surface area contributed by atoms with Gasteiger partial charge >= 0.3 is 0 Å². The minimum atomic E-state index is 0.457. The Morgan fingerprint density at radius 1 is 0.625 bits per heavy atom. The van der Waals surface area contributed by atoms with Crippen LogP contribution in [-0.2, 0) is 19.6 Å². The highest BCUT2D eigenvalue weighted by molar-refractivity contribution is 4.88. The van der Waals surface area contributed by atoms with E-state index in [1.54, 1.807) is 0 Å². The van der Waals surface area contributed by atoms with Gasteiger partial charge < -0.3 is 0 Å². The van der Waals surface area contributed by atoms with Crippen LogP contribution in [-0.4, -0.2) is 48.8 Å². The van der Waals surface area contributed by atoms with Gasteiger partial charge in [0.05, 0.1) is 0 Å². The summed E-state index contributed by atoms with van der Waals surface area (Å²) >= 11 is 0. The summed E-state index contributed by atoms with van der Waals surface area (Å²) in [6.45, 7) is 1.83. The third-order valence-electron chi connectivity index (χ3n) is 3.67. The van der Waals surface area contributed by atoms with Crippen LogP contribution in [0.5, 0.6) is 0 Å². The molecule has 2 bridgehead atoms. The molecule has 3 fully saturated rings. The fraction of sp³-hybridized carbons (Fsp3) is 1.00. The van der Waals surface area contributed by atoms with E-state index >= 15 is 0 Å². The van der Waals surface area contributed by atoms with Gasteiger partial charge in [-0.2, -0.15) is 0 Å². The largest absolute Gasteiger partial charge is 0.248 e. The highest BCUT2D eigenvalue weighted by atomic mass is 17.2. The van der Waals surface area contributed by atoms with Crippen LogP contribution in [0.4, 0.5) is 0 Å². The van der Waals surface area contributed by atoms with Gasteiger partial charge in [0.25, 0.3) is 0 Å². The average molecular weight is 230 g/mol. The van der Waals surface area contributed by atoms with Gasteiger partial charge in [-0.1, -0.05) is 12.8 Å². The van der Waals surface area contributed by atoms with Crippen molar-refractivity contribution in [2.75, 3.05) is 26.9 Å². The summed E-state index contributed by atoms with van der Waals surface area (Å²) in [5.74, 6) is 0. The second-order valence-electron chi connectivity index (χ2n) is 4.58. The highest BCUT2D eigenvalue weighted by Crippen LogP contribution is 2.29. The van der Waals surface area contributed by atoms with Gasteiger partial charge in [-0.05, 0) is 12.8 Å². The van der Waals surface area contributed by atoms with Gasteiger partial charge in [-0.3, -0.25) is 0 Å². The Morgan fingerprint density at radius 2 is 1.00 bits per heavy atom. The summed E-state index contributed by atoms with van der Waals surface area (Å²) in [6, 6.07) is 1.00. The smallest absolute Gasteiger partial charge is 0.137 e. The number of rotatable bonds is 0. The lowest BCUT2D eigenvalue weighted by Gasteiger charge is -2.46. The second kappa shape index (κ2) is 4.95. The molecular weight excluding hydrogens is 212 g/mol. The zero-order chi connectivity index (χ0) is 10.8. The van der Waals surface area contributed by atoms with E-state index in [0.717, 1.165) is 0 Å². The molecule has 0 aromatic carbocycles. The van der Waals surface area contributed by atoms with Crippen LogP contribution in [0.1, 0.15) is 25.7 Å². The van der Waals surface area contributed by atoms with Crippen LogP contribution in [0, 0.1) is 0 Å². The molecular formula is C10H18N2O4. The molecule has 0 aromatic heterocycles. The summed E-state index contributed by atoms with van der Waals surface area (Å²) in [5, 5.41) is 0. The average Bonchev–Trinajstić information content (AvgIpc) is 2.31. The molecule has 2 atom stereocenters. The molecule has 2 saturated heterocycles. The standard InChI is InChI=1S/C10H18N2O4/c1-2-4-10-9(3-1)11-5-13-15-7-12(10)8-16-14-6-11/h9-10H,1-8H2. The van der Waals surface area contributed by atoms with Gasteiger partial charge in [-0.25, -0.2) is 29.4 Å². The molecule has 6 nitrogen and oxygen atoms in total. The van der Waals surface area contributed by atoms with Gasteiger partial charge in [0.15, 0.2) is 0 Å². The molecule has 0 amide bonds. The molecule has 0 aromatic rings. The summed E-state index contributed by atoms with van der Waals surface area (Å²) in [6.07, 6.45) is 4.97. The lowest BCUT2D eigenvalue weighted by atomic mass is 9.88. The van der Waals surface area contributed by atoms with Crippen molar-refractivity contribution in [1.29, 1.82) is 0 Å². The third kappa shape index (κ3) is 2.09. The summed E-state index contributed by atoms with van der Waals surface area (Å²) in [5.41, 5.74) is 0.